The molecule has 1 aliphatic heterocycles. The Balaban J connectivity index is 1.51. The molecule has 2 heterocycles. The summed E-state index contributed by atoms with van der Waals surface area (Å²) in [5.41, 5.74) is 0.389. The Bertz CT molecular complexity index is 750. The molecule has 4 atom stereocenters. The minimum absolute atomic E-state index is 0.145. The summed E-state index contributed by atoms with van der Waals surface area (Å²) in [5, 5.41) is 14.1. The highest BCUT2D eigenvalue weighted by atomic mass is 16.5. The number of rotatable bonds is 5. The summed E-state index contributed by atoms with van der Waals surface area (Å²) in [7, 11) is 0. The fraction of sp³-hybridized carbons (Fsp3) is 0.429. The number of benzene rings is 1. The van der Waals surface area contributed by atoms with Crippen LogP contribution in [0.15, 0.2) is 54.7 Å². The van der Waals surface area contributed by atoms with E-state index in [4.69, 9.17) is 4.74 Å². The quantitative estimate of drug-likeness (QED) is 0.844. The van der Waals surface area contributed by atoms with Gasteiger partial charge in [0.2, 0.25) is 0 Å². The van der Waals surface area contributed by atoms with Gasteiger partial charge < -0.3 is 15.2 Å². The number of aliphatic hydroxyl groups excluding tert-OH is 1. The Morgan fingerprint density at radius 2 is 1.85 bits per heavy atom. The van der Waals surface area contributed by atoms with Crippen molar-refractivity contribution in [1.29, 1.82) is 0 Å². The highest BCUT2D eigenvalue weighted by molar-refractivity contribution is 5.92. The summed E-state index contributed by atoms with van der Waals surface area (Å²) in [6.45, 7) is 1.88. The van der Waals surface area contributed by atoms with Crippen LogP contribution in [0, 0.1) is 0 Å². The number of aliphatic hydroxyl groups is 1. The number of carbonyl (C=O) groups is 1. The SMILES string of the molecule is O=C(N[C@@H]1C[C@@H](Oc2ccccc2)[C@H](O)[C@H]1N1CCCC1)c1ccccn1. The zero-order valence-electron chi connectivity index (χ0n) is 15.2. The molecule has 2 N–H and O–H groups in total. The maximum absolute atomic E-state index is 12.6. The lowest BCUT2D eigenvalue weighted by Crippen LogP contribution is -2.52. The fourth-order valence-corrected chi connectivity index (χ4v) is 4.17. The molecule has 1 aromatic carbocycles. The molecule has 1 amide bonds. The van der Waals surface area contributed by atoms with Crippen LogP contribution >= 0.6 is 0 Å². The first-order chi connectivity index (χ1) is 13.2. The van der Waals surface area contributed by atoms with Crippen LogP contribution in [-0.2, 0) is 0 Å². The predicted octanol–water partition coefficient (Wildman–Crippen LogP) is 1.86. The minimum atomic E-state index is -0.655. The van der Waals surface area contributed by atoms with E-state index in [0.717, 1.165) is 31.7 Å². The van der Waals surface area contributed by atoms with E-state index in [1.807, 2.05) is 30.3 Å². The lowest BCUT2D eigenvalue weighted by molar-refractivity contribution is 0.0139. The lowest BCUT2D eigenvalue weighted by Gasteiger charge is -2.31. The molecule has 1 aromatic heterocycles. The number of hydrogen-bond donors (Lipinski definition) is 2. The zero-order chi connectivity index (χ0) is 18.6. The number of likely N-dealkylation sites (tertiary alicyclic amines) is 1. The molecule has 2 aromatic rings. The van der Waals surface area contributed by atoms with Gasteiger partial charge in [0.1, 0.15) is 23.7 Å². The second-order valence-corrected chi connectivity index (χ2v) is 7.22. The summed E-state index contributed by atoms with van der Waals surface area (Å²) in [4.78, 5) is 19.0. The van der Waals surface area contributed by atoms with Crippen LogP contribution in [0.3, 0.4) is 0 Å². The van der Waals surface area contributed by atoms with Crippen molar-refractivity contribution >= 4 is 5.91 Å². The summed E-state index contributed by atoms with van der Waals surface area (Å²) in [6.07, 6.45) is 3.40. The molecule has 1 saturated heterocycles. The smallest absolute Gasteiger partial charge is 0.270 e. The van der Waals surface area contributed by atoms with E-state index in [1.165, 1.54) is 0 Å². The van der Waals surface area contributed by atoms with Crippen molar-refractivity contribution in [2.45, 2.75) is 43.6 Å². The van der Waals surface area contributed by atoms with Crippen LogP contribution < -0.4 is 10.1 Å². The Morgan fingerprint density at radius 1 is 1.11 bits per heavy atom. The number of ether oxygens (including phenoxy) is 1. The number of nitrogens with one attached hydrogen (secondary N) is 1. The molecule has 0 spiro atoms. The third-order valence-corrected chi connectivity index (χ3v) is 5.44. The van der Waals surface area contributed by atoms with Crippen LogP contribution in [0.5, 0.6) is 5.75 Å². The Kier molecular flexibility index (Phi) is 5.36. The molecule has 27 heavy (non-hydrogen) atoms. The highest BCUT2D eigenvalue weighted by Crippen LogP contribution is 2.31. The lowest BCUT2D eigenvalue weighted by atomic mass is 10.1. The van der Waals surface area contributed by atoms with Crippen molar-refractivity contribution in [1.82, 2.24) is 15.2 Å². The molecule has 0 bridgehead atoms. The Hall–Kier alpha value is -2.44. The average molecular weight is 367 g/mol. The van der Waals surface area contributed by atoms with Gasteiger partial charge in [0.25, 0.3) is 5.91 Å². The molecular weight excluding hydrogens is 342 g/mol. The summed E-state index contributed by atoms with van der Waals surface area (Å²) in [6, 6.07) is 14.5. The normalized spacial score (nSPS) is 28.2. The first-order valence-corrected chi connectivity index (χ1v) is 9.58. The molecule has 6 nitrogen and oxygen atoms in total. The van der Waals surface area contributed by atoms with E-state index in [9.17, 15) is 9.90 Å². The van der Waals surface area contributed by atoms with E-state index in [2.05, 4.69) is 15.2 Å². The van der Waals surface area contributed by atoms with Gasteiger partial charge in [0.15, 0.2) is 0 Å². The van der Waals surface area contributed by atoms with Crippen LogP contribution in [0.4, 0.5) is 0 Å². The number of nitrogens with zero attached hydrogens (tertiary/aromatic N) is 2. The number of hydrogen-bond acceptors (Lipinski definition) is 5. The van der Waals surface area contributed by atoms with E-state index >= 15 is 0 Å². The van der Waals surface area contributed by atoms with Gasteiger partial charge in [-0.1, -0.05) is 24.3 Å². The predicted molar refractivity (Wildman–Crippen MR) is 102 cm³/mol. The van der Waals surface area contributed by atoms with Crippen LogP contribution in [0.2, 0.25) is 0 Å². The van der Waals surface area contributed by atoms with Crippen molar-refractivity contribution in [2.75, 3.05) is 13.1 Å². The second kappa shape index (κ2) is 8.06. The largest absolute Gasteiger partial charge is 0.488 e. The van der Waals surface area contributed by atoms with E-state index < -0.39 is 6.10 Å². The maximum Gasteiger partial charge on any atom is 0.270 e. The van der Waals surface area contributed by atoms with Crippen molar-refractivity contribution in [3.63, 3.8) is 0 Å². The van der Waals surface area contributed by atoms with Crippen LogP contribution in [-0.4, -0.2) is 58.3 Å². The number of carbonyl (C=O) groups excluding carboxylic acids is 1. The molecule has 0 radical (unpaired) electrons. The van der Waals surface area contributed by atoms with Gasteiger partial charge >= 0.3 is 0 Å². The third-order valence-electron chi connectivity index (χ3n) is 5.44. The molecule has 4 rings (SSSR count). The Morgan fingerprint density at radius 3 is 2.56 bits per heavy atom. The van der Waals surface area contributed by atoms with Gasteiger partial charge in [0.05, 0.1) is 12.1 Å². The maximum atomic E-state index is 12.6. The van der Waals surface area contributed by atoms with E-state index in [0.29, 0.717) is 12.1 Å². The van der Waals surface area contributed by atoms with Crippen molar-refractivity contribution < 1.29 is 14.6 Å². The number of amides is 1. The van der Waals surface area contributed by atoms with E-state index in [1.54, 1.807) is 24.4 Å². The fourth-order valence-electron chi connectivity index (χ4n) is 4.17. The molecule has 2 aliphatic rings. The van der Waals surface area contributed by atoms with Crippen molar-refractivity contribution in [3.8, 4) is 5.75 Å². The summed E-state index contributed by atoms with van der Waals surface area (Å²) >= 11 is 0. The molecule has 6 heteroatoms. The van der Waals surface area contributed by atoms with Gasteiger partial charge in [-0.2, -0.15) is 0 Å². The standard InChI is InChI=1S/C21H25N3O3/c25-20-18(27-15-8-2-1-3-9-15)14-17(19(20)24-12-6-7-13-24)23-21(26)16-10-4-5-11-22-16/h1-5,8-11,17-20,25H,6-7,12-14H2,(H,23,26)/t17-,18-,19+,20+/m1/s1. The van der Waals surface area contributed by atoms with Crippen molar-refractivity contribution in [3.05, 3.63) is 60.4 Å². The second-order valence-electron chi connectivity index (χ2n) is 7.22. The molecule has 0 unspecified atom stereocenters. The number of para-hydroxylation sites is 1. The van der Waals surface area contributed by atoms with Gasteiger partial charge in [-0.3, -0.25) is 14.7 Å². The molecule has 142 valence electrons. The zero-order valence-corrected chi connectivity index (χ0v) is 15.2. The Labute approximate surface area is 159 Å². The van der Waals surface area contributed by atoms with Crippen LogP contribution in [0.25, 0.3) is 0 Å². The van der Waals surface area contributed by atoms with Crippen molar-refractivity contribution in [2.24, 2.45) is 0 Å². The molecule has 1 saturated carbocycles. The monoisotopic (exact) mass is 367 g/mol. The minimum Gasteiger partial charge on any atom is -0.488 e. The number of pyridine rings is 1. The van der Waals surface area contributed by atoms with Gasteiger partial charge in [-0.15, -0.1) is 0 Å². The van der Waals surface area contributed by atoms with Gasteiger partial charge in [-0.05, 0) is 50.2 Å². The summed E-state index contributed by atoms with van der Waals surface area (Å²) in [5.74, 6) is 0.524. The first kappa shape index (κ1) is 17.9. The topological polar surface area (TPSA) is 74.7 Å². The van der Waals surface area contributed by atoms with E-state index in [-0.39, 0.29) is 24.1 Å². The highest BCUT2D eigenvalue weighted by Gasteiger charge is 2.47. The summed E-state index contributed by atoms with van der Waals surface area (Å²) < 4.78 is 6.05. The molecular formula is C21H25N3O3. The third kappa shape index (κ3) is 3.96. The molecule has 2 fully saturated rings. The van der Waals surface area contributed by atoms with Gasteiger partial charge in [-0.25, -0.2) is 0 Å². The van der Waals surface area contributed by atoms with Crippen LogP contribution in [0.1, 0.15) is 29.8 Å². The molecule has 1 aliphatic carbocycles. The number of aromatic nitrogens is 1. The average Bonchev–Trinajstić information content (AvgIpc) is 3.32. The first-order valence-electron chi connectivity index (χ1n) is 9.58. The van der Waals surface area contributed by atoms with Gasteiger partial charge in [0, 0.05) is 12.6 Å².